The van der Waals surface area contributed by atoms with Gasteiger partial charge in [0.05, 0.1) is 11.7 Å². The van der Waals surface area contributed by atoms with Gasteiger partial charge in [-0.2, -0.15) is 8.75 Å². The lowest BCUT2D eigenvalue weighted by Gasteiger charge is -2.12. The molecule has 6 heteroatoms. The molecule has 0 aliphatic carbocycles. The van der Waals surface area contributed by atoms with E-state index < -0.39 is 12.1 Å². The fraction of sp³-hybridized carbons (Fsp3) is 0.182. The number of aromatic nitrogens is 2. The van der Waals surface area contributed by atoms with Gasteiger partial charge in [0, 0.05) is 11.1 Å². The molecule has 0 bridgehead atoms. The van der Waals surface area contributed by atoms with Crippen LogP contribution in [0, 0.1) is 5.82 Å². The maximum Gasteiger partial charge on any atom is 0.361 e. The minimum atomic E-state index is -0.516. The first kappa shape index (κ1) is 10.3. The lowest BCUT2D eigenvalue weighted by molar-refractivity contribution is 0.0340. The van der Waals surface area contributed by atoms with E-state index in [1.54, 1.807) is 13.0 Å². The molecule has 1 atom stereocenters. The standard InChI is InChI=1S/C11H7FN2O2S/c1-5-8-4-6(12)2-3-7(8)9-10(11(15)16-5)14-17-13-9/h2-5H,1H3. The number of carbonyl (C=O) groups is 1. The van der Waals surface area contributed by atoms with Gasteiger partial charge >= 0.3 is 5.97 Å². The van der Waals surface area contributed by atoms with E-state index in [1.165, 1.54) is 12.1 Å². The molecule has 0 saturated carbocycles. The molecule has 0 amide bonds. The maximum absolute atomic E-state index is 13.2. The zero-order valence-corrected chi connectivity index (χ0v) is 9.62. The summed E-state index contributed by atoms with van der Waals surface area (Å²) in [5.74, 6) is -0.879. The lowest BCUT2D eigenvalue weighted by Crippen LogP contribution is -2.07. The molecule has 4 nitrogen and oxygen atoms in total. The van der Waals surface area contributed by atoms with E-state index in [-0.39, 0.29) is 11.5 Å². The Morgan fingerprint density at radius 2 is 2.12 bits per heavy atom. The normalized spacial score (nSPS) is 18.0. The van der Waals surface area contributed by atoms with Crippen molar-refractivity contribution >= 4 is 17.7 Å². The van der Waals surface area contributed by atoms with Crippen molar-refractivity contribution in [2.24, 2.45) is 0 Å². The third-order valence-electron chi connectivity index (χ3n) is 2.67. The van der Waals surface area contributed by atoms with E-state index in [0.717, 1.165) is 11.7 Å². The van der Waals surface area contributed by atoms with Gasteiger partial charge in [-0.15, -0.1) is 0 Å². The molecule has 2 heterocycles. The van der Waals surface area contributed by atoms with Crippen molar-refractivity contribution in [3.63, 3.8) is 0 Å². The number of hydrogen-bond acceptors (Lipinski definition) is 5. The van der Waals surface area contributed by atoms with Crippen LogP contribution in [0.15, 0.2) is 18.2 Å². The molecule has 17 heavy (non-hydrogen) atoms. The van der Waals surface area contributed by atoms with E-state index in [4.69, 9.17) is 4.74 Å². The molecule has 2 aromatic rings. The molecule has 1 aromatic carbocycles. The molecule has 0 N–H and O–H groups in total. The highest BCUT2D eigenvalue weighted by molar-refractivity contribution is 6.99. The van der Waals surface area contributed by atoms with Crippen LogP contribution in [0.3, 0.4) is 0 Å². The van der Waals surface area contributed by atoms with Crippen molar-refractivity contribution in [3.05, 3.63) is 35.3 Å². The number of cyclic esters (lactones) is 1. The highest BCUT2D eigenvalue weighted by Crippen LogP contribution is 2.35. The van der Waals surface area contributed by atoms with Crippen molar-refractivity contribution in [2.75, 3.05) is 0 Å². The zero-order chi connectivity index (χ0) is 12.0. The topological polar surface area (TPSA) is 52.1 Å². The number of benzene rings is 1. The Balaban J connectivity index is 2.31. The Labute approximate surface area is 100 Å². The molecule has 3 rings (SSSR count). The molecular weight excluding hydrogens is 243 g/mol. The summed E-state index contributed by atoms with van der Waals surface area (Å²) < 4.78 is 26.4. The van der Waals surface area contributed by atoms with Crippen LogP contribution < -0.4 is 0 Å². The monoisotopic (exact) mass is 250 g/mol. The van der Waals surface area contributed by atoms with Gasteiger partial charge in [0.25, 0.3) is 0 Å². The molecule has 86 valence electrons. The first-order chi connectivity index (χ1) is 8.16. The Morgan fingerprint density at radius 1 is 1.35 bits per heavy atom. The van der Waals surface area contributed by atoms with Crippen molar-refractivity contribution < 1.29 is 13.9 Å². The number of rotatable bonds is 0. The van der Waals surface area contributed by atoms with Gasteiger partial charge in [-0.1, -0.05) is 0 Å². The molecule has 1 aliphatic heterocycles. The minimum absolute atomic E-state index is 0.201. The number of fused-ring (bicyclic) bond motifs is 3. The van der Waals surface area contributed by atoms with E-state index in [9.17, 15) is 9.18 Å². The summed E-state index contributed by atoms with van der Waals surface area (Å²) in [5.41, 5.74) is 1.99. The molecular formula is C11H7FN2O2S. The number of nitrogens with zero attached hydrogens (tertiary/aromatic N) is 2. The molecule has 0 spiro atoms. The molecule has 0 fully saturated rings. The summed E-state index contributed by atoms with van der Waals surface area (Å²) in [6, 6.07) is 4.30. The number of esters is 1. The van der Waals surface area contributed by atoms with Crippen LogP contribution in [-0.4, -0.2) is 14.7 Å². The second-order valence-electron chi connectivity index (χ2n) is 3.74. The predicted molar refractivity (Wildman–Crippen MR) is 59.1 cm³/mol. The minimum Gasteiger partial charge on any atom is -0.453 e. The summed E-state index contributed by atoms with van der Waals surface area (Å²) in [7, 11) is 0. The highest BCUT2D eigenvalue weighted by atomic mass is 32.1. The molecule has 1 aliphatic rings. The predicted octanol–water partition coefficient (Wildman–Crippen LogP) is 2.58. The van der Waals surface area contributed by atoms with Gasteiger partial charge in [-0.25, -0.2) is 9.18 Å². The average molecular weight is 250 g/mol. The number of halogens is 1. The SMILES string of the molecule is CC1OC(=O)c2nsnc2-c2ccc(F)cc21. The van der Waals surface area contributed by atoms with Crippen molar-refractivity contribution in [1.82, 2.24) is 8.75 Å². The van der Waals surface area contributed by atoms with Crippen LogP contribution in [0.2, 0.25) is 0 Å². The molecule has 1 unspecified atom stereocenters. The van der Waals surface area contributed by atoms with Gasteiger partial charge in [0.15, 0.2) is 5.69 Å². The van der Waals surface area contributed by atoms with Gasteiger partial charge in [0.2, 0.25) is 0 Å². The van der Waals surface area contributed by atoms with Gasteiger partial charge in [-0.05, 0) is 25.1 Å². The second-order valence-corrected chi connectivity index (χ2v) is 4.27. The Kier molecular flexibility index (Phi) is 2.19. The number of carbonyl (C=O) groups excluding carboxylic acids is 1. The second kappa shape index (κ2) is 3.59. The third kappa shape index (κ3) is 1.52. The van der Waals surface area contributed by atoms with Crippen LogP contribution >= 0.6 is 11.7 Å². The fourth-order valence-electron chi connectivity index (χ4n) is 1.86. The maximum atomic E-state index is 13.2. The van der Waals surface area contributed by atoms with E-state index >= 15 is 0 Å². The lowest BCUT2D eigenvalue weighted by atomic mass is 10.0. The summed E-state index contributed by atoms with van der Waals surface area (Å²) in [5, 5.41) is 0. The summed E-state index contributed by atoms with van der Waals surface area (Å²) >= 11 is 0.943. The van der Waals surface area contributed by atoms with Crippen molar-refractivity contribution in [2.45, 2.75) is 13.0 Å². The Morgan fingerprint density at radius 3 is 2.94 bits per heavy atom. The quantitative estimate of drug-likeness (QED) is 0.674. The third-order valence-corrected chi connectivity index (χ3v) is 3.20. The van der Waals surface area contributed by atoms with Crippen LogP contribution in [0.25, 0.3) is 11.3 Å². The first-order valence-corrected chi connectivity index (χ1v) is 5.73. The summed E-state index contributed by atoms with van der Waals surface area (Å²) in [4.78, 5) is 11.7. The van der Waals surface area contributed by atoms with E-state index in [1.807, 2.05) is 0 Å². The molecule has 1 aromatic heterocycles. The smallest absolute Gasteiger partial charge is 0.361 e. The summed E-state index contributed by atoms with van der Waals surface area (Å²) in [6.07, 6.45) is -0.505. The molecule has 0 saturated heterocycles. The number of hydrogen-bond donors (Lipinski definition) is 0. The van der Waals surface area contributed by atoms with Crippen molar-refractivity contribution in [1.29, 1.82) is 0 Å². The average Bonchev–Trinajstić information content (AvgIpc) is 2.74. The Hall–Kier alpha value is -1.82. The van der Waals surface area contributed by atoms with Crippen molar-refractivity contribution in [3.8, 4) is 11.3 Å². The van der Waals surface area contributed by atoms with Gasteiger partial charge in [0.1, 0.15) is 17.6 Å². The Bertz CT molecular complexity index is 611. The van der Waals surface area contributed by atoms with Crippen LogP contribution in [0.4, 0.5) is 4.39 Å². The van der Waals surface area contributed by atoms with E-state index in [2.05, 4.69) is 8.75 Å². The summed E-state index contributed by atoms with van der Waals surface area (Å²) in [6.45, 7) is 1.70. The largest absolute Gasteiger partial charge is 0.453 e. The zero-order valence-electron chi connectivity index (χ0n) is 8.81. The fourth-order valence-corrected chi connectivity index (χ4v) is 2.41. The first-order valence-electron chi connectivity index (χ1n) is 5.00. The van der Waals surface area contributed by atoms with Gasteiger partial charge < -0.3 is 4.74 Å². The highest BCUT2D eigenvalue weighted by Gasteiger charge is 2.29. The van der Waals surface area contributed by atoms with Gasteiger partial charge in [-0.3, -0.25) is 0 Å². The number of ether oxygens (including phenoxy) is 1. The molecule has 0 radical (unpaired) electrons. The van der Waals surface area contributed by atoms with Crippen LogP contribution in [0.5, 0.6) is 0 Å². The van der Waals surface area contributed by atoms with Crippen LogP contribution in [-0.2, 0) is 4.74 Å². The van der Waals surface area contributed by atoms with E-state index in [0.29, 0.717) is 16.8 Å². The van der Waals surface area contributed by atoms with Crippen LogP contribution in [0.1, 0.15) is 29.1 Å².